The minimum absolute atomic E-state index is 0.567. The Hall–Kier alpha value is -0.120. The maximum atomic E-state index is 5.95. The van der Waals surface area contributed by atoms with Crippen LogP contribution in [-0.4, -0.2) is 37.9 Å². The summed E-state index contributed by atoms with van der Waals surface area (Å²) in [5, 5.41) is 7.46. The molecule has 0 aromatic carbocycles. The van der Waals surface area contributed by atoms with Crippen molar-refractivity contribution in [1.29, 1.82) is 0 Å². The highest BCUT2D eigenvalue weighted by Crippen LogP contribution is 2.31. The Bertz CT molecular complexity index is 259. The third-order valence-electron chi connectivity index (χ3n) is 5.35. The molecule has 0 amide bonds. The van der Waals surface area contributed by atoms with Crippen molar-refractivity contribution in [1.82, 2.24) is 10.6 Å². The predicted octanol–water partition coefficient (Wildman–Crippen LogP) is 2.46. The van der Waals surface area contributed by atoms with Gasteiger partial charge in [-0.15, -0.1) is 0 Å². The maximum absolute atomic E-state index is 5.95. The third kappa shape index (κ3) is 3.71. The van der Waals surface area contributed by atoms with Gasteiger partial charge in [-0.25, -0.2) is 0 Å². The van der Waals surface area contributed by atoms with Gasteiger partial charge in [-0.3, -0.25) is 0 Å². The zero-order valence-electron chi connectivity index (χ0n) is 12.2. The molecule has 3 aliphatic rings. The van der Waals surface area contributed by atoms with E-state index in [1.54, 1.807) is 0 Å². The fraction of sp³-hybridized carbons (Fsp3) is 1.00. The van der Waals surface area contributed by atoms with Crippen LogP contribution in [0.4, 0.5) is 0 Å². The first-order valence-electron chi connectivity index (χ1n) is 8.52. The van der Waals surface area contributed by atoms with Crippen LogP contribution in [0, 0.1) is 5.92 Å². The fourth-order valence-corrected chi connectivity index (χ4v) is 4.33. The SMILES string of the molecule is C1CCC(OCCNC2CCCC2C2CCCN2)C1. The molecule has 19 heavy (non-hydrogen) atoms. The highest BCUT2D eigenvalue weighted by molar-refractivity contribution is 4.93. The van der Waals surface area contributed by atoms with E-state index in [1.807, 2.05) is 0 Å². The molecule has 3 fully saturated rings. The van der Waals surface area contributed by atoms with Crippen LogP contribution in [0.25, 0.3) is 0 Å². The molecule has 110 valence electrons. The summed E-state index contributed by atoms with van der Waals surface area (Å²) in [5.41, 5.74) is 0. The topological polar surface area (TPSA) is 33.3 Å². The lowest BCUT2D eigenvalue weighted by atomic mass is 9.93. The molecule has 0 aromatic rings. The summed E-state index contributed by atoms with van der Waals surface area (Å²) in [6, 6.07) is 1.53. The Morgan fingerprint density at radius 3 is 2.63 bits per heavy atom. The molecule has 0 bridgehead atoms. The second-order valence-corrected chi connectivity index (χ2v) is 6.64. The van der Waals surface area contributed by atoms with Crippen molar-refractivity contribution in [3.63, 3.8) is 0 Å². The lowest BCUT2D eigenvalue weighted by Gasteiger charge is -2.26. The standard InChI is InChI=1S/C16H30N2O/c1-2-6-13(5-1)19-12-11-18-15-8-3-7-14(15)16-9-4-10-17-16/h13-18H,1-12H2. The van der Waals surface area contributed by atoms with Gasteiger partial charge in [0.1, 0.15) is 0 Å². The van der Waals surface area contributed by atoms with E-state index in [0.717, 1.165) is 31.2 Å². The van der Waals surface area contributed by atoms with Crippen LogP contribution in [0.2, 0.25) is 0 Å². The molecular weight excluding hydrogens is 236 g/mol. The molecule has 0 aromatic heterocycles. The van der Waals surface area contributed by atoms with Gasteiger partial charge in [0.25, 0.3) is 0 Å². The Kier molecular flexibility index (Phi) is 5.14. The van der Waals surface area contributed by atoms with Gasteiger partial charge in [0, 0.05) is 18.6 Å². The molecule has 2 aliphatic carbocycles. The van der Waals surface area contributed by atoms with Gasteiger partial charge in [0.2, 0.25) is 0 Å². The first-order chi connectivity index (χ1) is 9.43. The number of ether oxygens (including phenoxy) is 1. The van der Waals surface area contributed by atoms with Crippen molar-refractivity contribution in [3.05, 3.63) is 0 Å². The molecule has 2 saturated carbocycles. The van der Waals surface area contributed by atoms with Gasteiger partial charge in [-0.2, -0.15) is 0 Å². The monoisotopic (exact) mass is 266 g/mol. The van der Waals surface area contributed by atoms with Crippen LogP contribution in [0.5, 0.6) is 0 Å². The minimum atomic E-state index is 0.567. The van der Waals surface area contributed by atoms with Crippen molar-refractivity contribution in [3.8, 4) is 0 Å². The van der Waals surface area contributed by atoms with E-state index in [1.165, 1.54) is 64.3 Å². The zero-order chi connectivity index (χ0) is 12.9. The van der Waals surface area contributed by atoms with Crippen LogP contribution >= 0.6 is 0 Å². The van der Waals surface area contributed by atoms with Crippen LogP contribution in [-0.2, 0) is 4.74 Å². The van der Waals surface area contributed by atoms with Gasteiger partial charge in [0.05, 0.1) is 12.7 Å². The van der Waals surface area contributed by atoms with Crippen LogP contribution in [0.1, 0.15) is 57.8 Å². The maximum Gasteiger partial charge on any atom is 0.0594 e. The van der Waals surface area contributed by atoms with Gasteiger partial charge in [-0.05, 0) is 51.0 Å². The summed E-state index contributed by atoms with van der Waals surface area (Å²) in [4.78, 5) is 0. The first-order valence-corrected chi connectivity index (χ1v) is 8.52. The fourth-order valence-electron chi connectivity index (χ4n) is 4.33. The first kappa shape index (κ1) is 13.8. The van der Waals surface area contributed by atoms with Crippen LogP contribution in [0.15, 0.2) is 0 Å². The Morgan fingerprint density at radius 1 is 0.947 bits per heavy atom. The number of hydrogen-bond donors (Lipinski definition) is 2. The normalized spacial score (nSPS) is 36.3. The summed E-state index contributed by atoms with van der Waals surface area (Å²) < 4.78 is 5.95. The molecule has 3 heteroatoms. The molecule has 1 aliphatic heterocycles. The van der Waals surface area contributed by atoms with Gasteiger partial charge in [0.15, 0.2) is 0 Å². The lowest BCUT2D eigenvalue weighted by Crippen LogP contribution is -2.43. The van der Waals surface area contributed by atoms with E-state index in [9.17, 15) is 0 Å². The van der Waals surface area contributed by atoms with E-state index in [0.29, 0.717) is 6.10 Å². The molecule has 2 N–H and O–H groups in total. The highest BCUT2D eigenvalue weighted by atomic mass is 16.5. The molecule has 3 unspecified atom stereocenters. The number of rotatable bonds is 6. The summed E-state index contributed by atoms with van der Waals surface area (Å²) in [6.07, 6.45) is 12.8. The second kappa shape index (κ2) is 7.05. The second-order valence-electron chi connectivity index (χ2n) is 6.64. The van der Waals surface area contributed by atoms with E-state index >= 15 is 0 Å². The average molecular weight is 266 g/mol. The van der Waals surface area contributed by atoms with Crippen molar-refractivity contribution in [2.75, 3.05) is 19.7 Å². The number of hydrogen-bond acceptors (Lipinski definition) is 3. The molecule has 0 radical (unpaired) electrons. The van der Waals surface area contributed by atoms with E-state index in [2.05, 4.69) is 10.6 Å². The van der Waals surface area contributed by atoms with E-state index < -0.39 is 0 Å². The van der Waals surface area contributed by atoms with Crippen LogP contribution in [0.3, 0.4) is 0 Å². The van der Waals surface area contributed by atoms with Gasteiger partial charge in [-0.1, -0.05) is 19.3 Å². The summed E-state index contributed by atoms with van der Waals surface area (Å²) in [7, 11) is 0. The molecular formula is C16H30N2O. The predicted molar refractivity (Wildman–Crippen MR) is 78.4 cm³/mol. The van der Waals surface area contributed by atoms with Crippen molar-refractivity contribution < 1.29 is 4.74 Å². The van der Waals surface area contributed by atoms with Crippen LogP contribution < -0.4 is 10.6 Å². The Morgan fingerprint density at radius 2 is 1.84 bits per heavy atom. The van der Waals surface area contributed by atoms with E-state index in [4.69, 9.17) is 4.74 Å². The lowest BCUT2D eigenvalue weighted by molar-refractivity contribution is 0.0582. The van der Waals surface area contributed by atoms with Crippen molar-refractivity contribution in [2.24, 2.45) is 5.92 Å². The summed E-state index contributed by atoms with van der Waals surface area (Å²) in [6.45, 7) is 3.19. The minimum Gasteiger partial charge on any atom is -0.377 e. The third-order valence-corrected chi connectivity index (χ3v) is 5.35. The highest BCUT2D eigenvalue weighted by Gasteiger charge is 2.34. The van der Waals surface area contributed by atoms with E-state index in [-0.39, 0.29) is 0 Å². The van der Waals surface area contributed by atoms with Gasteiger partial charge >= 0.3 is 0 Å². The summed E-state index contributed by atoms with van der Waals surface area (Å²) in [5.74, 6) is 0.869. The average Bonchev–Trinajstić information content (AvgIpc) is 3.15. The van der Waals surface area contributed by atoms with Gasteiger partial charge < -0.3 is 15.4 Å². The van der Waals surface area contributed by atoms with Crippen molar-refractivity contribution >= 4 is 0 Å². The largest absolute Gasteiger partial charge is 0.377 e. The molecule has 0 spiro atoms. The Balaban J connectivity index is 1.34. The quantitative estimate of drug-likeness (QED) is 0.725. The smallest absolute Gasteiger partial charge is 0.0594 e. The molecule has 1 saturated heterocycles. The molecule has 3 rings (SSSR count). The molecule has 3 atom stereocenters. The Labute approximate surface area is 117 Å². The molecule has 3 nitrogen and oxygen atoms in total. The zero-order valence-corrected chi connectivity index (χ0v) is 12.2. The summed E-state index contributed by atoms with van der Waals surface area (Å²) >= 11 is 0. The van der Waals surface area contributed by atoms with Crippen molar-refractivity contribution in [2.45, 2.75) is 76.0 Å². The number of nitrogens with one attached hydrogen (secondary N) is 2. The molecule has 1 heterocycles.